The van der Waals surface area contributed by atoms with Crippen LogP contribution in [0.3, 0.4) is 0 Å². The minimum absolute atomic E-state index is 0.227. The van der Waals surface area contributed by atoms with Crippen molar-refractivity contribution in [3.63, 3.8) is 0 Å². The third-order valence-corrected chi connectivity index (χ3v) is 3.61. The number of ketones is 1. The highest BCUT2D eigenvalue weighted by molar-refractivity contribution is 5.81. The summed E-state index contributed by atoms with van der Waals surface area (Å²) < 4.78 is 281. The Kier molecular flexibility index (Phi) is 1.16. The zero-order chi connectivity index (χ0) is 48.5. The molecular weight excluding hydrogens is 336 g/mol. The van der Waals surface area contributed by atoms with E-state index in [1.54, 1.807) is 0 Å². The number of hydrogen-bond donors (Lipinski definition) is 1. The Hall–Kier alpha value is -1.51. The normalized spacial score (nSPS) is 58.2. The molecule has 0 aromatic heterocycles. The second kappa shape index (κ2) is 7.48. The maximum Gasteiger partial charge on any atom is 0.133 e. The monoisotopic (exact) mass is 405 g/mol. The van der Waals surface area contributed by atoms with E-state index < -0.39 is 136 Å². The van der Waals surface area contributed by atoms with Crippen molar-refractivity contribution in [1.29, 1.82) is 0 Å². The summed E-state index contributed by atoms with van der Waals surface area (Å²) in [7, 11) is 0. The second-order valence-corrected chi connectivity index (χ2v) is 5.48. The van der Waals surface area contributed by atoms with Gasteiger partial charge in [-0.05, 0) is 49.6 Å². The van der Waals surface area contributed by atoms with Crippen LogP contribution in [-0.4, -0.2) is 16.5 Å². The molecule has 0 spiro atoms. The molecule has 27 heavy (non-hydrogen) atoms. The molecule has 3 rings (SSSR count). The molecule has 0 radical (unpaired) electrons. The number of hydrogen-bond acceptors (Lipinski definition) is 3. The first-order valence-corrected chi connectivity index (χ1v) is 7.24. The van der Waals surface area contributed by atoms with Crippen molar-refractivity contribution in [3.05, 3.63) is 23.3 Å². The van der Waals surface area contributed by atoms with E-state index in [9.17, 15) is 12.6 Å². The largest absolute Gasteiger partial charge is 0.508 e. The summed E-state index contributed by atoms with van der Waals surface area (Å²) in [4.78, 5) is 13.5. The van der Waals surface area contributed by atoms with E-state index in [-0.39, 0.29) is 12.1 Å². The highest BCUT2D eigenvalue weighted by Gasteiger charge is 2.47. The molecule has 0 saturated heterocycles. The van der Waals surface area contributed by atoms with Gasteiger partial charge in [0.25, 0.3) is 0 Å². The van der Waals surface area contributed by atoms with Crippen LogP contribution >= 0.6 is 0 Å². The third-order valence-electron chi connectivity index (χ3n) is 3.61. The molecule has 3 heteroatoms. The number of carbonyl (C=O) groups is 1. The molecule has 2 aliphatic rings. The maximum absolute atomic E-state index is 13.5. The van der Waals surface area contributed by atoms with Crippen molar-refractivity contribution in [3.8, 4) is 11.5 Å². The Labute approximate surface area is 210 Å². The molecule has 1 aromatic rings. The zero-order valence-corrected chi connectivity index (χ0v) is 13.4. The van der Waals surface area contributed by atoms with Crippen LogP contribution in [0, 0.1) is 5.89 Å². The summed E-state index contributed by atoms with van der Waals surface area (Å²) in [6.45, 7) is -22.8. The lowest BCUT2D eigenvalue weighted by molar-refractivity contribution is -0.124. The Bertz CT molecular complexity index is 1880. The number of rotatable bonds is 6. The fraction of sp³-hybridized carbons (Fsp3) is 0.708. The quantitative estimate of drug-likeness (QED) is 0.607. The van der Waals surface area contributed by atoms with Crippen molar-refractivity contribution in [2.24, 2.45) is 5.89 Å². The molecule has 0 unspecified atom stereocenters. The van der Waals surface area contributed by atoms with Gasteiger partial charge in [-0.25, -0.2) is 0 Å². The molecule has 3 nitrogen and oxygen atoms in total. The summed E-state index contributed by atoms with van der Waals surface area (Å²) in [5.74, 6) is -15.9. The lowest BCUT2D eigenvalue weighted by Crippen LogP contribution is -2.47. The number of ether oxygens (including phenoxy) is 1. The maximum atomic E-state index is 13.5. The van der Waals surface area contributed by atoms with Gasteiger partial charge in [0.05, 0.1) is 0 Å². The highest BCUT2D eigenvalue weighted by Crippen LogP contribution is 2.54. The average molecular weight is 406 g/mol. The number of Topliss-reactive ketones (excluding diaryl/α,β-unsaturated/α-hetero) is 1. The Morgan fingerprint density at radius 2 is 2.26 bits per heavy atom. The predicted molar refractivity (Wildman–Crippen MR) is 110 cm³/mol. The molecule has 2 atom stereocenters. The van der Waals surface area contributed by atoms with Crippen LogP contribution < -0.4 is 4.74 Å². The van der Waals surface area contributed by atoms with Crippen molar-refractivity contribution in [2.75, 3.05) is 0 Å². The van der Waals surface area contributed by atoms with E-state index in [2.05, 4.69) is 0 Å². The van der Waals surface area contributed by atoms with Crippen LogP contribution in [0.4, 0.5) is 0 Å². The van der Waals surface area contributed by atoms with Gasteiger partial charge in [-0.2, -0.15) is 0 Å². The van der Waals surface area contributed by atoms with E-state index >= 15 is 0 Å². The van der Waals surface area contributed by atoms with Gasteiger partial charge in [0.15, 0.2) is 0 Å². The third kappa shape index (κ3) is 4.02. The van der Waals surface area contributed by atoms with E-state index in [1.165, 1.54) is 0 Å². The fourth-order valence-corrected chi connectivity index (χ4v) is 2.47. The summed E-state index contributed by atoms with van der Waals surface area (Å²) >= 11 is 0. The standard InChI is InChI=1S/C24H36O3/c1-6-7-8-9-12-23(2,3)16-13-20(26)22-18-15-17(25)10-11-19(18)24(4,5)27-21(22)14-16/h13-14,18-19,26H,6-12,15H2,1-5H3/t18-,19-/m1/s1/i1D3,2D3,3D3,4D3,5D3,6D2,7D2,8D2,9D2,10D2,11D2,12D2,15D2,18D,19D. The van der Waals surface area contributed by atoms with Crippen molar-refractivity contribution >= 4 is 5.78 Å². The first-order valence-electron chi connectivity index (χ1n) is 23.7. The minimum atomic E-state index is -5.13. The molecule has 150 valence electrons. The molecule has 0 bridgehead atoms. The smallest absolute Gasteiger partial charge is 0.133 e. The van der Waals surface area contributed by atoms with Crippen LogP contribution in [0.5, 0.6) is 11.5 Å². The van der Waals surface area contributed by atoms with Gasteiger partial charge >= 0.3 is 0 Å². The van der Waals surface area contributed by atoms with Crippen molar-refractivity contribution in [1.82, 2.24) is 0 Å². The number of benzene rings is 1. The highest BCUT2D eigenvalue weighted by atomic mass is 16.5. The summed E-state index contributed by atoms with van der Waals surface area (Å²) in [5, 5.41) is 11.6. The molecule has 1 fully saturated rings. The van der Waals surface area contributed by atoms with Gasteiger partial charge in [0, 0.05) is 75.3 Å². The molecule has 1 aliphatic carbocycles. The lowest BCUT2D eigenvalue weighted by atomic mass is 9.66. The molecular formula is C24H36O3. The van der Waals surface area contributed by atoms with E-state index in [1.807, 2.05) is 0 Å². The molecule has 1 heterocycles. The van der Waals surface area contributed by atoms with Crippen molar-refractivity contribution in [2.45, 2.75) is 102 Å². The van der Waals surface area contributed by atoms with E-state index in [0.717, 1.165) is 0 Å². The molecule has 1 aliphatic heterocycles. The topological polar surface area (TPSA) is 46.5 Å². The molecule has 1 aromatic carbocycles. The summed E-state index contributed by atoms with van der Waals surface area (Å²) in [6.07, 6.45) is -38.0. The fourth-order valence-electron chi connectivity index (χ4n) is 2.47. The number of fused-ring (bicyclic) bond motifs is 3. The van der Waals surface area contributed by atoms with Gasteiger partial charge in [0.2, 0.25) is 0 Å². The van der Waals surface area contributed by atoms with Gasteiger partial charge in [0.1, 0.15) is 22.9 Å². The van der Waals surface area contributed by atoms with E-state index in [4.69, 9.17) is 47.2 Å². The lowest BCUT2D eigenvalue weighted by Gasteiger charge is -2.47. The van der Waals surface area contributed by atoms with Gasteiger partial charge in [-0.3, -0.25) is 4.79 Å². The van der Waals surface area contributed by atoms with Crippen molar-refractivity contribution < 1.29 is 59.9 Å². The molecule has 1 saturated carbocycles. The number of phenols is 1. The predicted octanol–water partition coefficient (Wildman–Crippen LogP) is 6.26. The molecule has 0 amide bonds. The van der Waals surface area contributed by atoms with Gasteiger partial charge < -0.3 is 9.84 Å². The Balaban J connectivity index is 2.82. The number of aromatic hydroxyl groups is 1. The van der Waals surface area contributed by atoms with Crippen LogP contribution in [0.2, 0.25) is 0 Å². The van der Waals surface area contributed by atoms with Crippen LogP contribution in [0.15, 0.2) is 12.1 Å². The minimum Gasteiger partial charge on any atom is -0.508 e. The summed E-state index contributed by atoms with van der Waals surface area (Å²) in [6, 6.07) is -0.469. The first kappa shape index (κ1) is 4.18. The Morgan fingerprint density at radius 3 is 3.00 bits per heavy atom. The first-order chi connectivity index (χ1) is 25.6. The second-order valence-electron chi connectivity index (χ2n) is 5.48. The van der Waals surface area contributed by atoms with Gasteiger partial charge in [-0.15, -0.1) is 0 Å². The SMILES string of the molecule is [2H]C([2H])([2H])C([2H])([2H])C([2H])([2H])C([2H])([2H])C([2H])([2H])C([2H])([2H])C(c1cc(O)c2c(c1)OC(C([2H])([2H])[2H])(C([2H])([2H])[2H])[C@]1([2H])C([2H])([2H])C([2H])([2H])C(=O)C([2H])([2H])[C@@]21[2H])(C([2H])([2H])[2H])C([2H])([2H])[2H]. The van der Waals surface area contributed by atoms with Crippen LogP contribution in [-0.2, 0) is 10.2 Å². The van der Waals surface area contributed by atoms with Gasteiger partial charge in [-0.1, -0.05) is 46.0 Å². The van der Waals surface area contributed by atoms with Crippen LogP contribution in [0.25, 0.3) is 0 Å². The van der Waals surface area contributed by atoms with Crippen LogP contribution in [0.1, 0.15) is 147 Å². The zero-order valence-electron chi connectivity index (χ0n) is 46.4. The average Bonchev–Trinajstić information content (AvgIpc) is 2.97. The van der Waals surface area contributed by atoms with E-state index in [0.29, 0.717) is 0 Å². The Morgan fingerprint density at radius 1 is 1.41 bits per heavy atom. The summed E-state index contributed by atoms with van der Waals surface area (Å²) in [5.41, 5.74) is -13.5. The number of carbonyl (C=O) groups excluding carboxylic acids is 1. The number of phenolic OH excluding ortho intramolecular Hbond substituents is 1. The molecule has 1 N–H and O–H groups in total.